The topological polar surface area (TPSA) is 75.1 Å². The lowest BCUT2D eigenvalue weighted by atomic mass is 10.3. The van der Waals surface area contributed by atoms with Crippen molar-refractivity contribution in [2.45, 2.75) is 12.5 Å². The minimum absolute atomic E-state index is 0.440. The number of hydrogen-bond donors (Lipinski definition) is 2. The van der Waals surface area contributed by atoms with E-state index in [1.54, 1.807) is 4.98 Å². The van der Waals surface area contributed by atoms with Crippen LogP contribution in [0.3, 0.4) is 0 Å². The number of aliphatic hydroxyl groups is 1. The van der Waals surface area contributed by atoms with Crippen molar-refractivity contribution in [1.29, 1.82) is 0 Å². The monoisotopic (exact) mass is 250 g/mol. The molecule has 8 heteroatoms. The smallest absolute Gasteiger partial charge is 0.328 e. The van der Waals surface area contributed by atoms with Crippen LogP contribution in [0.2, 0.25) is 0 Å². The minimum Gasteiger partial charge on any atom is -0.396 e. The van der Waals surface area contributed by atoms with Crippen LogP contribution in [0.1, 0.15) is 0 Å². The Kier molecular flexibility index (Phi) is 2.61. The van der Waals surface area contributed by atoms with Gasteiger partial charge in [-0.1, -0.05) is 0 Å². The van der Waals surface area contributed by atoms with E-state index in [9.17, 15) is 22.8 Å². The Labute approximate surface area is 92.5 Å². The minimum atomic E-state index is -3.05. The van der Waals surface area contributed by atoms with E-state index < -0.39 is 48.0 Å². The van der Waals surface area contributed by atoms with Crippen molar-refractivity contribution in [3.63, 3.8) is 0 Å². The van der Waals surface area contributed by atoms with E-state index in [1.807, 2.05) is 0 Å². The predicted octanol–water partition coefficient (Wildman–Crippen LogP) is -0.451. The van der Waals surface area contributed by atoms with E-state index in [4.69, 9.17) is 5.11 Å². The molecule has 1 aliphatic carbocycles. The molecule has 0 amide bonds. The summed E-state index contributed by atoms with van der Waals surface area (Å²) in [4.78, 5) is 23.6. The first-order valence-electron chi connectivity index (χ1n) is 4.86. The van der Waals surface area contributed by atoms with Crippen molar-refractivity contribution in [3.8, 4) is 0 Å². The van der Waals surface area contributed by atoms with Crippen molar-refractivity contribution in [3.05, 3.63) is 32.9 Å². The number of H-pyrrole nitrogens is 1. The van der Waals surface area contributed by atoms with Crippen molar-refractivity contribution in [2.24, 2.45) is 11.8 Å². The quantitative estimate of drug-likeness (QED) is 0.763. The molecule has 2 N–H and O–H groups in total. The van der Waals surface area contributed by atoms with E-state index >= 15 is 0 Å². The summed E-state index contributed by atoms with van der Waals surface area (Å²) in [5, 5.41) is 8.66. The molecular formula is C9H9F3N2O3. The Bertz CT molecular complexity index is 551. The third-order valence-electron chi connectivity index (χ3n) is 2.92. The standard InChI is InChI=1S/C9H9F3N2O3/c10-6-2-14(8(17)13-7(6)16)1-4-5(3-15)9(4,11)12/h2,4-5,15H,1,3H2,(H,13,16,17)/t4-,5-/m1/s1. The van der Waals surface area contributed by atoms with Crippen LogP contribution in [0.25, 0.3) is 0 Å². The van der Waals surface area contributed by atoms with Crippen molar-refractivity contribution in [2.75, 3.05) is 6.61 Å². The van der Waals surface area contributed by atoms with Crippen LogP contribution in [-0.2, 0) is 6.54 Å². The first-order chi connectivity index (χ1) is 7.87. The molecule has 1 heterocycles. The van der Waals surface area contributed by atoms with E-state index in [0.29, 0.717) is 10.8 Å². The van der Waals surface area contributed by atoms with E-state index in [-0.39, 0.29) is 0 Å². The van der Waals surface area contributed by atoms with Crippen LogP contribution in [0.15, 0.2) is 15.8 Å². The molecule has 0 radical (unpaired) electrons. The maximum Gasteiger partial charge on any atom is 0.328 e. The Morgan fingerprint density at radius 1 is 1.41 bits per heavy atom. The SMILES string of the molecule is O=c1[nH]c(=O)n(C[C@@H]2[C@@H](CO)C2(F)F)cc1F. The van der Waals surface area contributed by atoms with E-state index in [2.05, 4.69) is 0 Å². The largest absolute Gasteiger partial charge is 0.396 e. The number of nitrogens with one attached hydrogen (secondary N) is 1. The molecule has 0 unspecified atom stereocenters. The molecule has 2 rings (SSSR count). The summed E-state index contributed by atoms with van der Waals surface area (Å²) in [6.07, 6.45) is 0.587. The van der Waals surface area contributed by atoms with Gasteiger partial charge in [0.1, 0.15) is 0 Å². The second-order valence-corrected chi connectivity index (χ2v) is 3.96. The lowest BCUT2D eigenvalue weighted by molar-refractivity contribution is 0.0700. The molecule has 0 spiro atoms. The molecule has 0 saturated heterocycles. The maximum atomic E-state index is 13.0. The van der Waals surface area contributed by atoms with Gasteiger partial charge < -0.3 is 5.11 Å². The van der Waals surface area contributed by atoms with Crippen LogP contribution in [0.4, 0.5) is 13.2 Å². The van der Waals surface area contributed by atoms with Crippen LogP contribution in [-0.4, -0.2) is 27.2 Å². The number of hydrogen-bond acceptors (Lipinski definition) is 3. The molecule has 1 aliphatic rings. The maximum absolute atomic E-state index is 13.0. The zero-order valence-corrected chi connectivity index (χ0v) is 8.49. The fourth-order valence-corrected chi connectivity index (χ4v) is 1.79. The van der Waals surface area contributed by atoms with Gasteiger partial charge >= 0.3 is 5.69 Å². The van der Waals surface area contributed by atoms with Gasteiger partial charge in [0.15, 0.2) is 0 Å². The summed E-state index contributed by atoms with van der Waals surface area (Å²) in [6.45, 7) is -1.14. The lowest BCUT2D eigenvalue weighted by Crippen LogP contribution is -2.32. The Balaban J connectivity index is 2.24. The van der Waals surface area contributed by atoms with Crippen molar-refractivity contribution in [1.82, 2.24) is 9.55 Å². The molecule has 1 aromatic rings. The van der Waals surface area contributed by atoms with Gasteiger partial charge in [0.2, 0.25) is 5.82 Å². The Morgan fingerprint density at radius 3 is 2.59 bits per heavy atom. The van der Waals surface area contributed by atoms with Crippen LogP contribution in [0.5, 0.6) is 0 Å². The number of aromatic amines is 1. The van der Waals surface area contributed by atoms with Gasteiger partial charge in [0.25, 0.3) is 11.5 Å². The summed E-state index contributed by atoms with van der Waals surface area (Å²) >= 11 is 0. The third-order valence-corrected chi connectivity index (χ3v) is 2.92. The van der Waals surface area contributed by atoms with Crippen LogP contribution < -0.4 is 11.2 Å². The third kappa shape index (κ3) is 1.88. The second-order valence-electron chi connectivity index (χ2n) is 3.96. The summed E-state index contributed by atoms with van der Waals surface area (Å²) in [5.74, 6) is -6.70. The molecule has 1 saturated carbocycles. The number of rotatable bonds is 3. The van der Waals surface area contributed by atoms with Crippen LogP contribution in [0, 0.1) is 17.7 Å². The van der Waals surface area contributed by atoms with Gasteiger partial charge in [-0.15, -0.1) is 0 Å². The average Bonchev–Trinajstić information content (AvgIpc) is 2.76. The molecule has 5 nitrogen and oxygen atoms in total. The Morgan fingerprint density at radius 2 is 2.06 bits per heavy atom. The molecule has 0 aromatic carbocycles. The zero-order valence-electron chi connectivity index (χ0n) is 8.49. The average molecular weight is 250 g/mol. The van der Waals surface area contributed by atoms with E-state index in [0.717, 1.165) is 0 Å². The first-order valence-corrected chi connectivity index (χ1v) is 4.86. The summed E-state index contributed by atoms with van der Waals surface area (Å²) in [7, 11) is 0. The second kappa shape index (κ2) is 3.73. The lowest BCUT2D eigenvalue weighted by Gasteiger charge is -2.03. The zero-order chi connectivity index (χ0) is 12.8. The van der Waals surface area contributed by atoms with Gasteiger partial charge in [0, 0.05) is 6.54 Å². The highest BCUT2D eigenvalue weighted by molar-refractivity contribution is 5.05. The fourth-order valence-electron chi connectivity index (χ4n) is 1.79. The van der Waals surface area contributed by atoms with Gasteiger partial charge in [-0.3, -0.25) is 14.3 Å². The number of aromatic nitrogens is 2. The fraction of sp³-hybridized carbons (Fsp3) is 0.556. The molecule has 94 valence electrons. The summed E-state index contributed by atoms with van der Waals surface area (Å²) < 4.78 is 39.6. The molecular weight excluding hydrogens is 241 g/mol. The number of aliphatic hydroxyl groups excluding tert-OH is 1. The number of nitrogens with zero attached hydrogens (tertiary/aromatic N) is 1. The molecule has 1 fully saturated rings. The molecule has 1 aromatic heterocycles. The first kappa shape index (κ1) is 11.9. The Hall–Kier alpha value is -1.57. The van der Waals surface area contributed by atoms with Gasteiger partial charge in [0.05, 0.1) is 24.6 Å². The molecule has 17 heavy (non-hydrogen) atoms. The highest BCUT2D eigenvalue weighted by Gasteiger charge is 2.67. The van der Waals surface area contributed by atoms with Gasteiger partial charge in [-0.2, -0.15) is 4.39 Å². The highest BCUT2D eigenvalue weighted by atomic mass is 19.3. The van der Waals surface area contributed by atoms with Crippen molar-refractivity contribution < 1.29 is 18.3 Å². The van der Waals surface area contributed by atoms with Gasteiger partial charge in [-0.25, -0.2) is 13.6 Å². The number of halogens is 3. The normalized spacial score (nSPS) is 25.9. The molecule has 0 aliphatic heterocycles. The summed E-state index contributed by atoms with van der Waals surface area (Å²) in [5.41, 5.74) is -2.14. The van der Waals surface area contributed by atoms with Crippen LogP contribution >= 0.6 is 0 Å². The molecule has 0 bridgehead atoms. The molecule has 2 atom stereocenters. The van der Waals surface area contributed by atoms with Gasteiger partial charge in [-0.05, 0) is 0 Å². The summed E-state index contributed by atoms with van der Waals surface area (Å²) in [6, 6.07) is 0. The van der Waals surface area contributed by atoms with Crippen molar-refractivity contribution >= 4 is 0 Å². The highest BCUT2D eigenvalue weighted by Crippen LogP contribution is 2.55. The van der Waals surface area contributed by atoms with E-state index in [1.165, 1.54) is 0 Å². The predicted molar refractivity (Wildman–Crippen MR) is 50.3 cm³/mol. The number of alkyl halides is 2.